The summed E-state index contributed by atoms with van der Waals surface area (Å²) in [6, 6.07) is 4.71. The Kier molecular flexibility index (Phi) is 3.97. The first-order valence-corrected chi connectivity index (χ1v) is 6.93. The quantitative estimate of drug-likeness (QED) is 0.882. The van der Waals surface area contributed by atoms with Crippen molar-refractivity contribution in [2.45, 2.75) is 39.9 Å². The largest absolute Gasteiger partial charge is 0.305 e. The number of hydrogen-bond donors (Lipinski definition) is 1. The number of thiophene rings is 1. The standard InChI is InChI=1S/C13H19N3S/c1-4-16-13(7-10(2)15-16)8-14-11(3)12-5-6-17-9-12/h5-7,9,11,14H,4,8H2,1-3H3. The summed E-state index contributed by atoms with van der Waals surface area (Å²) in [4.78, 5) is 0. The molecule has 0 saturated carbocycles. The Morgan fingerprint density at radius 2 is 2.35 bits per heavy atom. The van der Waals surface area contributed by atoms with E-state index in [0.29, 0.717) is 6.04 Å². The Morgan fingerprint density at radius 3 is 3.00 bits per heavy atom. The average molecular weight is 249 g/mol. The van der Waals surface area contributed by atoms with E-state index in [2.05, 4.69) is 51.8 Å². The van der Waals surface area contributed by atoms with Crippen LogP contribution in [-0.4, -0.2) is 9.78 Å². The molecule has 0 aromatic carbocycles. The van der Waals surface area contributed by atoms with Gasteiger partial charge in [-0.2, -0.15) is 16.4 Å². The number of hydrogen-bond acceptors (Lipinski definition) is 3. The Balaban J connectivity index is 1.97. The molecule has 0 aliphatic rings. The minimum atomic E-state index is 0.391. The molecule has 0 bridgehead atoms. The maximum absolute atomic E-state index is 4.45. The number of rotatable bonds is 5. The van der Waals surface area contributed by atoms with Crippen molar-refractivity contribution in [1.29, 1.82) is 0 Å². The van der Waals surface area contributed by atoms with Gasteiger partial charge in [-0.1, -0.05) is 0 Å². The maximum Gasteiger partial charge on any atom is 0.0597 e. The summed E-state index contributed by atoms with van der Waals surface area (Å²) in [5, 5.41) is 12.3. The monoisotopic (exact) mass is 249 g/mol. The molecule has 4 heteroatoms. The fourth-order valence-corrected chi connectivity index (χ4v) is 2.67. The van der Waals surface area contributed by atoms with Gasteiger partial charge < -0.3 is 5.32 Å². The lowest BCUT2D eigenvalue weighted by Crippen LogP contribution is -2.19. The van der Waals surface area contributed by atoms with Crippen molar-refractivity contribution in [3.8, 4) is 0 Å². The van der Waals surface area contributed by atoms with E-state index < -0.39 is 0 Å². The smallest absolute Gasteiger partial charge is 0.0597 e. The molecule has 0 spiro atoms. The van der Waals surface area contributed by atoms with E-state index in [1.807, 2.05) is 6.92 Å². The van der Waals surface area contributed by atoms with Gasteiger partial charge in [0.1, 0.15) is 0 Å². The van der Waals surface area contributed by atoms with Crippen molar-refractivity contribution in [1.82, 2.24) is 15.1 Å². The van der Waals surface area contributed by atoms with Crippen LogP contribution in [-0.2, 0) is 13.1 Å². The molecule has 1 atom stereocenters. The highest BCUT2D eigenvalue weighted by atomic mass is 32.1. The Labute approximate surface area is 106 Å². The molecule has 0 saturated heterocycles. The molecule has 0 amide bonds. The molecular formula is C13H19N3S. The Morgan fingerprint density at radius 1 is 1.53 bits per heavy atom. The lowest BCUT2D eigenvalue weighted by Gasteiger charge is -2.13. The van der Waals surface area contributed by atoms with Crippen molar-refractivity contribution in [2.24, 2.45) is 0 Å². The van der Waals surface area contributed by atoms with Crippen LogP contribution in [0.15, 0.2) is 22.9 Å². The number of nitrogens with zero attached hydrogens (tertiary/aromatic N) is 2. The van der Waals surface area contributed by atoms with Crippen LogP contribution in [0.4, 0.5) is 0 Å². The van der Waals surface area contributed by atoms with Crippen molar-refractivity contribution in [3.05, 3.63) is 39.8 Å². The van der Waals surface area contributed by atoms with Gasteiger partial charge in [-0.05, 0) is 49.2 Å². The third-order valence-corrected chi connectivity index (χ3v) is 3.62. The van der Waals surface area contributed by atoms with Crippen LogP contribution in [0.2, 0.25) is 0 Å². The maximum atomic E-state index is 4.45. The minimum Gasteiger partial charge on any atom is -0.305 e. The van der Waals surface area contributed by atoms with E-state index in [1.165, 1.54) is 11.3 Å². The second-order valence-electron chi connectivity index (χ2n) is 4.25. The van der Waals surface area contributed by atoms with Crippen molar-refractivity contribution in [2.75, 3.05) is 0 Å². The van der Waals surface area contributed by atoms with E-state index in [9.17, 15) is 0 Å². The number of nitrogens with one attached hydrogen (secondary N) is 1. The zero-order valence-electron chi connectivity index (χ0n) is 10.6. The Hall–Kier alpha value is -1.13. The van der Waals surface area contributed by atoms with Gasteiger partial charge in [0, 0.05) is 19.1 Å². The molecule has 2 aromatic rings. The van der Waals surface area contributed by atoms with E-state index in [4.69, 9.17) is 0 Å². The normalized spacial score (nSPS) is 12.9. The van der Waals surface area contributed by atoms with Crippen LogP contribution in [0, 0.1) is 6.92 Å². The molecule has 2 heterocycles. The molecule has 0 aliphatic carbocycles. The van der Waals surface area contributed by atoms with Gasteiger partial charge >= 0.3 is 0 Å². The number of aryl methyl sites for hydroxylation is 2. The zero-order chi connectivity index (χ0) is 12.3. The molecule has 0 radical (unpaired) electrons. The summed E-state index contributed by atoms with van der Waals surface area (Å²) in [6.07, 6.45) is 0. The van der Waals surface area contributed by atoms with E-state index in [1.54, 1.807) is 11.3 Å². The van der Waals surface area contributed by atoms with Crippen LogP contribution >= 0.6 is 11.3 Å². The highest BCUT2D eigenvalue weighted by Crippen LogP contribution is 2.16. The molecule has 1 N–H and O–H groups in total. The molecule has 17 heavy (non-hydrogen) atoms. The summed E-state index contributed by atoms with van der Waals surface area (Å²) < 4.78 is 2.06. The van der Waals surface area contributed by atoms with E-state index >= 15 is 0 Å². The van der Waals surface area contributed by atoms with Crippen LogP contribution in [0.3, 0.4) is 0 Å². The van der Waals surface area contributed by atoms with Crippen molar-refractivity contribution >= 4 is 11.3 Å². The molecule has 92 valence electrons. The van der Waals surface area contributed by atoms with Crippen LogP contribution < -0.4 is 5.32 Å². The molecule has 3 nitrogen and oxygen atoms in total. The average Bonchev–Trinajstić information content (AvgIpc) is 2.94. The summed E-state index contributed by atoms with van der Waals surface area (Å²) in [6.45, 7) is 8.15. The van der Waals surface area contributed by atoms with Crippen molar-refractivity contribution in [3.63, 3.8) is 0 Å². The van der Waals surface area contributed by atoms with Gasteiger partial charge in [0.15, 0.2) is 0 Å². The fraction of sp³-hybridized carbons (Fsp3) is 0.462. The first-order valence-electron chi connectivity index (χ1n) is 5.99. The number of aromatic nitrogens is 2. The SMILES string of the molecule is CCn1nc(C)cc1CNC(C)c1ccsc1. The van der Waals surface area contributed by atoms with Gasteiger partial charge in [0.05, 0.1) is 11.4 Å². The van der Waals surface area contributed by atoms with E-state index in [0.717, 1.165) is 18.8 Å². The van der Waals surface area contributed by atoms with E-state index in [-0.39, 0.29) is 0 Å². The second-order valence-corrected chi connectivity index (χ2v) is 5.03. The molecule has 0 fully saturated rings. The highest BCUT2D eigenvalue weighted by Gasteiger charge is 2.08. The summed E-state index contributed by atoms with van der Waals surface area (Å²) in [5.41, 5.74) is 3.70. The van der Waals surface area contributed by atoms with Gasteiger partial charge in [-0.15, -0.1) is 0 Å². The molecule has 0 aliphatic heterocycles. The highest BCUT2D eigenvalue weighted by molar-refractivity contribution is 7.07. The first-order chi connectivity index (χ1) is 8.20. The first kappa shape index (κ1) is 12.3. The third-order valence-electron chi connectivity index (χ3n) is 2.92. The topological polar surface area (TPSA) is 29.9 Å². The summed E-state index contributed by atoms with van der Waals surface area (Å²) in [7, 11) is 0. The Bertz CT molecular complexity index is 459. The summed E-state index contributed by atoms with van der Waals surface area (Å²) >= 11 is 1.74. The van der Waals surface area contributed by atoms with Gasteiger partial charge in [0.25, 0.3) is 0 Å². The second kappa shape index (κ2) is 5.47. The minimum absolute atomic E-state index is 0.391. The molecule has 2 rings (SSSR count). The lowest BCUT2D eigenvalue weighted by atomic mass is 10.2. The van der Waals surface area contributed by atoms with Gasteiger partial charge in [-0.25, -0.2) is 0 Å². The molecule has 1 unspecified atom stereocenters. The fourth-order valence-electron chi connectivity index (χ4n) is 1.91. The predicted octanol–water partition coefficient (Wildman–Crippen LogP) is 3.12. The van der Waals surface area contributed by atoms with Crippen LogP contribution in [0.1, 0.15) is 36.8 Å². The predicted molar refractivity (Wildman–Crippen MR) is 72.2 cm³/mol. The third kappa shape index (κ3) is 2.96. The van der Waals surface area contributed by atoms with Crippen LogP contribution in [0.25, 0.3) is 0 Å². The molecule has 2 aromatic heterocycles. The van der Waals surface area contributed by atoms with Crippen LogP contribution in [0.5, 0.6) is 0 Å². The zero-order valence-corrected chi connectivity index (χ0v) is 11.4. The van der Waals surface area contributed by atoms with Crippen molar-refractivity contribution < 1.29 is 0 Å². The molecular weight excluding hydrogens is 230 g/mol. The lowest BCUT2D eigenvalue weighted by molar-refractivity contribution is 0.532. The van der Waals surface area contributed by atoms with Gasteiger partial charge in [-0.3, -0.25) is 4.68 Å². The summed E-state index contributed by atoms with van der Waals surface area (Å²) in [5.74, 6) is 0. The van der Waals surface area contributed by atoms with Gasteiger partial charge in [0.2, 0.25) is 0 Å².